The number of rotatable bonds is 9. The van der Waals surface area contributed by atoms with Crippen LogP contribution in [0.1, 0.15) is 37.0 Å². The minimum atomic E-state index is 0.650. The van der Waals surface area contributed by atoms with Gasteiger partial charge >= 0.3 is 0 Å². The van der Waals surface area contributed by atoms with Crippen molar-refractivity contribution < 1.29 is 4.74 Å². The van der Waals surface area contributed by atoms with Gasteiger partial charge in [-0.1, -0.05) is 42.5 Å². The summed E-state index contributed by atoms with van der Waals surface area (Å²) in [5, 5.41) is 6.77. The Morgan fingerprint density at radius 3 is 2.50 bits per heavy atom. The lowest BCUT2D eigenvalue weighted by atomic mass is 10.1. The number of benzene rings is 2. The molecule has 0 saturated carbocycles. The van der Waals surface area contributed by atoms with E-state index in [1.165, 1.54) is 30.6 Å². The van der Waals surface area contributed by atoms with Crippen LogP contribution >= 0.6 is 0 Å². The molecule has 0 aliphatic carbocycles. The van der Waals surface area contributed by atoms with Crippen LogP contribution < -0.4 is 15.4 Å². The molecule has 0 amide bonds. The summed E-state index contributed by atoms with van der Waals surface area (Å²) in [5.74, 6) is 1.74. The van der Waals surface area contributed by atoms with E-state index in [0.717, 1.165) is 43.5 Å². The smallest absolute Gasteiger partial charge is 0.191 e. The fraction of sp³-hybridized carbons (Fsp3) is 0.500. The average molecular weight is 438 g/mol. The molecule has 1 aliphatic rings. The van der Waals surface area contributed by atoms with E-state index in [1.54, 1.807) is 0 Å². The quantitative estimate of drug-likeness (QED) is 0.465. The Morgan fingerprint density at radius 1 is 0.938 bits per heavy atom. The second-order valence-corrected chi connectivity index (χ2v) is 8.34. The molecular formula is C26H39N5O. The van der Waals surface area contributed by atoms with E-state index >= 15 is 0 Å². The third-order valence-corrected chi connectivity index (χ3v) is 5.72. The minimum Gasteiger partial charge on any atom is -0.494 e. The van der Waals surface area contributed by atoms with E-state index in [9.17, 15) is 0 Å². The summed E-state index contributed by atoms with van der Waals surface area (Å²) in [5.41, 5.74) is 3.72. The molecule has 0 unspecified atom stereocenters. The van der Waals surface area contributed by atoms with Crippen LogP contribution in [0.2, 0.25) is 0 Å². The zero-order valence-corrected chi connectivity index (χ0v) is 19.9. The molecule has 1 heterocycles. The number of nitrogens with one attached hydrogen (secondary N) is 2. The topological polar surface area (TPSA) is 52.1 Å². The van der Waals surface area contributed by atoms with Crippen LogP contribution in [-0.4, -0.2) is 62.1 Å². The van der Waals surface area contributed by atoms with E-state index < -0.39 is 0 Å². The minimum absolute atomic E-state index is 0.650. The molecule has 2 aromatic carbocycles. The summed E-state index contributed by atoms with van der Waals surface area (Å²) in [7, 11) is 2.22. The van der Waals surface area contributed by atoms with Crippen molar-refractivity contribution in [1.29, 1.82) is 0 Å². The Kier molecular flexibility index (Phi) is 9.85. The van der Waals surface area contributed by atoms with Gasteiger partial charge in [0.1, 0.15) is 5.75 Å². The molecule has 1 fully saturated rings. The number of likely N-dealkylation sites (N-methyl/N-ethyl adjacent to an activating group) is 1. The number of aliphatic imine (C=N–C) groups is 1. The Hall–Kier alpha value is -2.57. The highest BCUT2D eigenvalue weighted by atomic mass is 16.5. The monoisotopic (exact) mass is 437 g/mol. The van der Waals surface area contributed by atoms with E-state index in [0.29, 0.717) is 19.7 Å². The third kappa shape index (κ3) is 7.84. The molecule has 0 radical (unpaired) electrons. The van der Waals surface area contributed by atoms with Gasteiger partial charge in [0.15, 0.2) is 5.96 Å². The van der Waals surface area contributed by atoms with E-state index in [2.05, 4.69) is 64.7 Å². The maximum atomic E-state index is 5.73. The van der Waals surface area contributed by atoms with Gasteiger partial charge in [-0.2, -0.15) is 0 Å². The maximum absolute atomic E-state index is 5.73. The van der Waals surface area contributed by atoms with Gasteiger partial charge < -0.3 is 20.3 Å². The first-order chi connectivity index (χ1) is 15.7. The predicted octanol–water partition coefficient (Wildman–Crippen LogP) is 3.48. The second kappa shape index (κ2) is 13.1. The first kappa shape index (κ1) is 24.1. The molecule has 6 nitrogen and oxygen atoms in total. The lowest BCUT2D eigenvalue weighted by Gasteiger charge is -2.20. The number of hydrogen-bond acceptors (Lipinski definition) is 4. The lowest BCUT2D eigenvalue weighted by molar-refractivity contribution is 0.269. The van der Waals surface area contributed by atoms with Gasteiger partial charge in [-0.05, 0) is 57.6 Å². The summed E-state index contributed by atoms with van der Waals surface area (Å²) >= 11 is 0. The van der Waals surface area contributed by atoms with Gasteiger partial charge in [-0.25, -0.2) is 4.99 Å². The zero-order valence-electron chi connectivity index (χ0n) is 19.9. The van der Waals surface area contributed by atoms with Crippen molar-refractivity contribution in [1.82, 2.24) is 20.4 Å². The molecule has 0 atom stereocenters. The molecule has 1 saturated heterocycles. The van der Waals surface area contributed by atoms with Crippen LogP contribution in [0.5, 0.6) is 5.75 Å². The maximum Gasteiger partial charge on any atom is 0.191 e. The van der Waals surface area contributed by atoms with Crippen molar-refractivity contribution in [3.05, 3.63) is 65.2 Å². The lowest BCUT2D eigenvalue weighted by Crippen LogP contribution is -2.36. The first-order valence-electron chi connectivity index (χ1n) is 11.9. The van der Waals surface area contributed by atoms with Crippen molar-refractivity contribution in [3.63, 3.8) is 0 Å². The zero-order chi connectivity index (χ0) is 22.6. The molecule has 174 valence electrons. The van der Waals surface area contributed by atoms with Crippen molar-refractivity contribution in [2.75, 3.05) is 46.4 Å². The molecular weight excluding hydrogens is 398 g/mol. The Balaban J connectivity index is 1.54. The molecule has 1 aliphatic heterocycles. The largest absolute Gasteiger partial charge is 0.494 e. The molecule has 6 heteroatoms. The Morgan fingerprint density at radius 2 is 1.72 bits per heavy atom. The molecule has 32 heavy (non-hydrogen) atoms. The van der Waals surface area contributed by atoms with E-state index in [4.69, 9.17) is 9.73 Å². The fourth-order valence-electron chi connectivity index (χ4n) is 3.90. The molecule has 0 bridgehead atoms. The van der Waals surface area contributed by atoms with Gasteiger partial charge in [-0.15, -0.1) is 0 Å². The van der Waals surface area contributed by atoms with Crippen molar-refractivity contribution >= 4 is 5.96 Å². The van der Waals surface area contributed by atoms with Gasteiger partial charge in [-0.3, -0.25) is 4.90 Å². The van der Waals surface area contributed by atoms with Gasteiger partial charge in [0, 0.05) is 38.3 Å². The number of ether oxygens (including phenoxy) is 1. The molecule has 0 spiro atoms. The van der Waals surface area contributed by atoms with Crippen molar-refractivity contribution in [3.8, 4) is 5.75 Å². The standard InChI is InChI=1S/C26H39N5O/c1-4-27-26(29-20-24-9-6-7-10-25(24)32-5-2)28-19-22-11-13-23(14-12-22)21-31-16-8-15-30(3)17-18-31/h6-7,9-14H,4-5,8,15-21H2,1-3H3,(H2,27,28,29). The summed E-state index contributed by atoms with van der Waals surface area (Å²) in [6, 6.07) is 17.0. The fourth-order valence-corrected chi connectivity index (χ4v) is 3.90. The van der Waals surface area contributed by atoms with E-state index in [1.807, 2.05) is 25.1 Å². The van der Waals surface area contributed by atoms with Crippen LogP contribution in [0, 0.1) is 0 Å². The highest BCUT2D eigenvalue weighted by molar-refractivity contribution is 5.79. The number of nitrogens with zero attached hydrogens (tertiary/aromatic N) is 3. The summed E-state index contributed by atoms with van der Waals surface area (Å²) in [4.78, 5) is 9.76. The Bertz CT molecular complexity index is 836. The summed E-state index contributed by atoms with van der Waals surface area (Å²) < 4.78 is 5.73. The molecule has 2 aromatic rings. The van der Waals surface area contributed by atoms with Crippen LogP contribution in [0.25, 0.3) is 0 Å². The number of hydrogen-bond donors (Lipinski definition) is 2. The highest BCUT2D eigenvalue weighted by Gasteiger charge is 2.12. The second-order valence-electron chi connectivity index (χ2n) is 8.34. The Labute approximate surface area is 193 Å². The number of para-hydroxylation sites is 1. The third-order valence-electron chi connectivity index (χ3n) is 5.72. The van der Waals surface area contributed by atoms with Crippen LogP contribution in [0.15, 0.2) is 53.5 Å². The molecule has 3 rings (SSSR count). The van der Waals surface area contributed by atoms with Crippen molar-refractivity contribution in [2.24, 2.45) is 4.99 Å². The summed E-state index contributed by atoms with van der Waals surface area (Å²) in [6.45, 7) is 12.6. The van der Waals surface area contributed by atoms with Gasteiger partial charge in [0.25, 0.3) is 0 Å². The molecule has 2 N–H and O–H groups in total. The first-order valence-corrected chi connectivity index (χ1v) is 11.9. The van der Waals surface area contributed by atoms with Crippen molar-refractivity contribution in [2.45, 2.75) is 39.9 Å². The SMILES string of the molecule is CCNC(=NCc1ccc(CN2CCCN(C)CC2)cc1)NCc1ccccc1OCC. The van der Waals surface area contributed by atoms with E-state index in [-0.39, 0.29) is 0 Å². The van der Waals surface area contributed by atoms with Crippen LogP contribution in [-0.2, 0) is 19.6 Å². The normalized spacial score (nSPS) is 15.9. The highest BCUT2D eigenvalue weighted by Crippen LogP contribution is 2.17. The summed E-state index contributed by atoms with van der Waals surface area (Å²) in [6.07, 6.45) is 1.25. The van der Waals surface area contributed by atoms with Crippen LogP contribution in [0.3, 0.4) is 0 Å². The van der Waals surface area contributed by atoms with Gasteiger partial charge in [0.2, 0.25) is 0 Å². The van der Waals surface area contributed by atoms with Gasteiger partial charge in [0.05, 0.1) is 13.2 Å². The molecule has 0 aromatic heterocycles. The van der Waals surface area contributed by atoms with Crippen LogP contribution in [0.4, 0.5) is 0 Å². The number of guanidine groups is 1. The average Bonchev–Trinajstić information content (AvgIpc) is 3.01. The predicted molar refractivity (Wildman–Crippen MR) is 133 cm³/mol.